The minimum absolute atomic E-state index is 0.216. The zero-order chi connectivity index (χ0) is 20.5. The molecule has 0 aliphatic carbocycles. The van der Waals surface area contributed by atoms with Crippen molar-refractivity contribution < 1.29 is 14.4 Å². The van der Waals surface area contributed by atoms with Crippen molar-refractivity contribution in [2.45, 2.75) is 32.2 Å². The van der Waals surface area contributed by atoms with E-state index in [-0.39, 0.29) is 30.3 Å². The van der Waals surface area contributed by atoms with E-state index in [0.29, 0.717) is 38.4 Å². The molecule has 1 aromatic heterocycles. The van der Waals surface area contributed by atoms with Gasteiger partial charge in [0.05, 0.1) is 0 Å². The molecular formula is C19H28N6O3. The van der Waals surface area contributed by atoms with E-state index >= 15 is 0 Å². The van der Waals surface area contributed by atoms with Gasteiger partial charge in [0.25, 0.3) is 5.91 Å². The number of aromatic nitrogens is 2. The molecule has 4 amide bonds. The molecule has 3 heterocycles. The summed E-state index contributed by atoms with van der Waals surface area (Å²) in [6.07, 6.45) is 4.37. The van der Waals surface area contributed by atoms with Gasteiger partial charge >= 0.3 is 6.03 Å². The Hall–Kier alpha value is -2.71. The molecule has 0 unspecified atom stereocenters. The van der Waals surface area contributed by atoms with Gasteiger partial charge in [-0.25, -0.2) is 14.8 Å². The van der Waals surface area contributed by atoms with E-state index in [4.69, 9.17) is 0 Å². The van der Waals surface area contributed by atoms with Crippen LogP contribution in [0.5, 0.6) is 0 Å². The molecule has 152 valence electrons. The summed E-state index contributed by atoms with van der Waals surface area (Å²) in [5.74, 6) is 0.318. The number of likely N-dealkylation sites (N-methyl/N-ethyl adjacent to an activating group) is 1. The highest BCUT2D eigenvalue weighted by molar-refractivity contribution is 6.09. The molecule has 2 saturated heterocycles. The summed E-state index contributed by atoms with van der Waals surface area (Å²) in [5, 5.41) is 0. The van der Waals surface area contributed by atoms with Crippen LogP contribution < -0.4 is 4.90 Å². The summed E-state index contributed by atoms with van der Waals surface area (Å²) >= 11 is 0. The number of piperidine rings is 1. The lowest BCUT2D eigenvalue weighted by atomic mass is 9.85. The van der Waals surface area contributed by atoms with Crippen LogP contribution in [0.3, 0.4) is 0 Å². The highest BCUT2D eigenvalue weighted by Crippen LogP contribution is 2.38. The van der Waals surface area contributed by atoms with E-state index in [1.54, 1.807) is 37.5 Å². The first kappa shape index (κ1) is 20.0. The van der Waals surface area contributed by atoms with Crippen LogP contribution in [-0.4, -0.2) is 88.3 Å². The molecule has 0 bridgehead atoms. The fraction of sp³-hybridized carbons (Fsp3) is 0.632. The number of hydrogen-bond acceptors (Lipinski definition) is 6. The van der Waals surface area contributed by atoms with Crippen molar-refractivity contribution in [3.8, 4) is 0 Å². The zero-order valence-electron chi connectivity index (χ0n) is 17.0. The van der Waals surface area contributed by atoms with E-state index in [9.17, 15) is 14.4 Å². The van der Waals surface area contributed by atoms with Crippen LogP contribution in [0.2, 0.25) is 0 Å². The highest BCUT2D eigenvalue weighted by atomic mass is 16.2. The van der Waals surface area contributed by atoms with Crippen LogP contribution in [0.4, 0.5) is 10.7 Å². The number of urea groups is 1. The Kier molecular flexibility index (Phi) is 5.53. The van der Waals surface area contributed by atoms with Crippen molar-refractivity contribution >= 4 is 23.8 Å². The molecule has 0 N–H and O–H groups in total. The van der Waals surface area contributed by atoms with Crippen molar-refractivity contribution in [1.29, 1.82) is 0 Å². The predicted molar refractivity (Wildman–Crippen MR) is 104 cm³/mol. The van der Waals surface area contributed by atoms with Crippen LogP contribution in [0.25, 0.3) is 0 Å². The Morgan fingerprint density at radius 1 is 1.18 bits per heavy atom. The Morgan fingerprint density at radius 2 is 1.79 bits per heavy atom. The van der Waals surface area contributed by atoms with Crippen molar-refractivity contribution in [2.24, 2.45) is 5.92 Å². The third-order valence-corrected chi connectivity index (χ3v) is 5.39. The molecule has 3 rings (SSSR count). The lowest BCUT2D eigenvalue weighted by Crippen LogP contribution is -2.57. The molecular weight excluding hydrogens is 360 g/mol. The van der Waals surface area contributed by atoms with Gasteiger partial charge in [0.1, 0.15) is 12.1 Å². The molecule has 1 aromatic rings. The van der Waals surface area contributed by atoms with Crippen LogP contribution in [-0.2, 0) is 9.59 Å². The molecule has 2 aliphatic rings. The summed E-state index contributed by atoms with van der Waals surface area (Å²) in [5.41, 5.74) is -0.890. The summed E-state index contributed by atoms with van der Waals surface area (Å²) < 4.78 is 0. The van der Waals surface area contributed by atoms with Gasteiger partial charge in [-0.3, -0.25) is 14.5 Å². The number of rotatable bonds is 5. The van der Waals surface area contributed by atoms with Crippen LogP contribution >= 0.6 is 0 Å². The third kappa shape index (κ3) is 3.53. The molecule has 0 radical (unpaired) electrons. The highest BCUT2D eigenvalue weighted by Gasteiger charge is 2.58. The lowest BCUT2D eigenvalue weighted by molar-refractivity contribution is -0.139. The van der Waals surface area contributed by atoms with E-state index in [1.807, 2.05) is 18.7 Å². The van der Waals surface area contributed by atoms with Gasteiger partial charge in [0.2, 0.25) is 11.9 Å². The molecule has 0 atom stereocenters. The molecule has 0 saturated carbocycles. The minimum atomic E-state index is -0.890. The molecule has 9 heteroatoms. The Balaban J connectivity index is 1.84. The Morgan fingerprint density at radius 3 is 2.32 bits per heavy atom. The monoisotopic (exact) mass is 388 g/mol. The molecule has 0 aromatic carbocycles. The molecule has 28 heavy (non-hydrogen) atoms. The fourth-order valence-corrected chi connectivity index (χ4v) is 3.83. The first-order valence-electron chi connectivity index (χ1n) is 9.62. The number of carbonyl (C=O) groups excluding carboxylic acids is 3. The molecule has 2 aliphatic heterocycles. The van der Waals surface area contributed by atoms with Gasteiger partial charge in [-0.2, -0.15) is 0 Å². The summed E-state index contributed by atoms with van der Waals surface area (Å²) in [7, 11) is 3.24. The summed E-state index contributed by atoms with van der Waals surface area (Å²) in [4.78, 5) is 53.4. The van der Waals surface area contributed by atoms with Crippen molar-refractivity contribution in [1.82, 2.24) is 24.7 Å². The van der Waals surface area contributed by atoms with Gasteiger partial charge in [0, 0.05) is 46.1 Å². The maximum atomic E-state index is 13.3. The zero-order valence-corrected chi connectivity index (χ0v) is 17.0. The van der Waals surface area contributed by atoms with Gasteiger partial charge < -0.3 is 14.7 Å². The SMILES string of the molecule is CC(C)CN1C(=O)N(CC(=O)N(C)C)C(=O)C12CCN(c1ncccn1)CC2. The average molecular weight is 388 g/mol. The normalized spacial score (nSPS) is 19.1. The van der Waals surface area contributed by atoms with Gasteiger partial charge in [0.15, 0.2) is 0 Å². The number of hydrogen-bond donors (Lipinski definition) is 0. The van der Waals surface area contributed by atoms with Gasteiger partial charge in [-0.1, -0.05) is 13.8 Å². The van der Waals surface area contributed by atoms with E-state index in [0.717, 1.165) is 4.90 Å². The van der Waals surface area contributed by atoms with Crippen LogP contribution in [0, 0.1) is 5.92 Å². The second-order valence-corrected chi connectivity index (χ2v) is 8.03. The second-order valence-electron chi connectivity index (χ2n) is 8.03. The van der Waals surface area contributed by atoms with E-state index in [1.165, 1.54) is 4.90 Å². The summed E-state index contributed by atoms with van der Waals surface area (Å²) in [6.45, 7) is 5.46. The summed E-state index contributed by atoms with van der Waals surface area (Å²) in [6, 6.07) is 1.40. The number of nitrogens with zero attached hydrogens (tertiary/aromatic N) is 6. The van der Waals surface area contributed by atoms with Crippen molar-refractivity contribution in [2.75, 3.05) is 45.2 Å². The number of amides is 4. The number of imide groups is 1. The van der Waals surface area contributed by atoms with Gasteiger partial charge in [-0.05, 0) is 24.8 Å². The first-order valence-corrected chi connectivity index (χ1v) is 9.62. The maximum absolute atomic E-state index is 13.3. The minimum Gasteiger partial charge on any atom is -0.347 e. The fourth-order valence-electron chi connectivity index (χ4n) is 3.83. The third-order valence-electron chi connectivity index (χ3n) is 5.39. The van der Waals surface area contributed by atoms with E-state index in [2.05, 4.69) is 9.97 Å². The number of carbonyl (C=O) groups is 3. The van der Waals surface area contributed by atoms with Crippen molar-refractivity contribution in [3.05, 3.63) is 18.5 Å². The van der Waals surface area contributed by atoms with Crippen LogP contribution in [0.1, 0.15) is 26.7 Å². The molecule has 1 spiro atoms. The second kappa shape index (κ2) is 7.73. The molecule has 2 fully saturated rings. The van der Waals surface area contributed by atoms with E-state index < -0.39 is 5.54 Å². The number of anilines is 1. The van der Waals surface area contributed by atoms with Crippen molar-refractivity contribution in [3.63, 3.8) is 0 Å². The van der Waals surface area contributed by atoms with Crippen LogP contribution in [0.15, 0.2) is 18.5 Å². The lowest BCUT2D eigenvalue weighted by Gasteiger charge is -2.42. The topological polar surface area (TPSA) is 90.0 Å². The smallest absolute Gasteiger partial charge is 0.328 e. The average Bonchev–Trinajstić information content (AvgIpc) is 2.85. The largest absolute Gasteiger partial charge is 0.347 e. The Bertz CT molecular complexity index is 743. The quantitative estimate of drug-likeness (QED) is 0.694. The van der Waals surface area contributed by atoms with Gasteiger partial charge in [-0.15, -0.1) is 0 Å². The Labute approximate surface area is 165 Å². The predicted octanol–water partition coefficient (Wildman–Crippen LogP) is 0.824. The molecule has 9 nitrogen and oxygen atoms in total. The first-order chi connectivity index (χ1) is 13.3. The standard InChI is InChI=1S/C19H28N6O3/c1-14(2)12-25-18(28)24(13-15(26)22(3)4)16(27)19(25)6-10-23(11-7-19)17-20-8-5-9-21-17/h5,8-9,14H,6-7,10-13H2,1-4H3. The maximum Gasteiger partial charge on any atom is 0.328 e.